The Kier molecular flexibility index (Phi) is 3.61. The minimum atomic E-state index is 0.744. The minimum absolute atomic E-state index is 0.744. The van der Waals surface area contributed by atoms with Gasteiger partial charge < -0.3 is 5.32 Å². The second kappa shape index (κ2) is 5.37. The lowest BCUT2D eigenvalue weighted by Gasteiger charge is -2.03. The van der Waals surface area contributed by atoms with Crippen molar-refractivity contribution in [2.45, 2.75) is 20.0 Å². The molecule has 2 heterocycles. The first-order valence-corrected chi connectivity index (χ1v) is 5.29. The highest BCUT2D eigenvalue weighted by Gasteiger charge is 1.95. The van der Waals surface area contributed by atoms with Gasteiger partial charge in [0.15, 0.2) is 0 Å². The normalized spacial score (nSPS) is 10.6. The molecule has 0 aliphatic carbocycles. The van der Waals surface area contributed by atoms with E-state index in [1.807, 2.05) is 24.0 Å². The van der Waals surface area contributed by atoms with E-state index < -0.39 is 0 Å². The van der Waals surface area contributed by atoms with Crippen LogP contribution in [0.15, 0.2) is 31.0 Å². The largest absolute Gasteiger partial charge is 0.309 e. The predicted molar refractivity (Wildman–Crippen MR) is 60.7 cm³/mol. The van der Waals surface area contributed by atoms with Gasteiger partial charge in [0.2, 0.25) is 0 Å². The van der Waals surface area contributed by atoms with Crippen molar-refractivity contribution >= 4 is 0 Å². The van der Waals surface area contributed by atoms with Crippen molar-refractivity contribution in [2.75, 3.05) is 6.54 Å². The Hall–Kier alpha value is -1.75. The lowest BCUT2D eigenvalue weighted by molar-refractivity contribution is 0.551. The van der Waals surface area contributed by atoms with Crippen LogP contribution in [0.5, 0.6) is 0 Å². The van der Waals surface area contributed by atoms with Gasteiger partial charge in [-0.3, -0.25) is 14.6 Å². The first kappa shape index (κ1) is 10.8. The van der Waals surface area contributed by atoms with E-state index in [1.165, 1.54) is 5.56 Å². The van der Waals surface area contributed by atoms with E-state index >= 15 is 0 Å². The lowest BCUT2D eigenvalue weighted by atomic mass is 10.4. The molecule has 5 nitrogen and oxygen atoms in total. The number of rotatable bonds is 5. The van der Waals surface area contributed by atoms with Gasteiger partial charge in [0.25, 0.3) is 0 Å². The summed E-state index contributed by atoms with van der Waals surface area (Å²) in [6, 6.07) is 0. The van der Waals surface area contributed by atoms with Gasteiger partial charge in [-0.05, 0) is 12.5 Å². The molecule has 0 unspecified atom stereocenters. The Morgan fingerprint density at radius 2 is 2.25 bits per heavy atom. The summed E-state index contributed by atoms with van der Waals surface area (Å²) in [4.78, 5) is 8.18. The molecule has 0 aliphatic heterocycles. The Labute approximate surface area is 94.5 Å². The van der Waals surface area contributed by atoms with Gasteiger partial charge in [-0.1, -0.05) is 0 Å². The maximum Gasteiger partial charge on any atom is 0.0724 e. The van der Waals surface area contributed by atoms with Crippen molar-refractivity contribution in [3.05, 3.63) is 42.2 Å². The highest BCUT2D eigenvalue weighted by atomic mass is 15.3. The van der Waals surface area contributed by atoms with Crippen LogP contribution in [-0.4, -0.2) is 26.3 Å². The summed E-state index contributed by atoms with van der Waals surface area (Å²) in [6.45, 7) is 4.52. The molecular weight excluding hydrogens is 202 g/mol. The van der Waals surface area contributed by atoms with Gasteiger partial charge in [-0.25, -0.2) is 0 Å². The Morgan fingerprint density at radius 1 is 1.31 bits per heavy atom. The van der Waals surface area contributed by atoms with Gasteiger partial charge in [-0.15, -0.1) is 0 Å². The molecule has 5 heteroatoms. The molecule has 0 aliphatic rings. The van der Waals surface area contributed by atoms with E-state index in [9.17, 15) is 0 Å². The van der Waals surface area contributed by atoms with Crippen molar-refractivity contribution in [1.82, 2.24) is 25.1 Å². The average Bonchev–Trinajstić information content (AvgIpc) is 2.72. The Morgan fingerprint density at radius 3 is 2.94 bits per heavy atom. The van der Waals surface area contributed by atoms with Crippen LogP contribution in [0.2, 0.25) is 0 Å². The lowest BCUT2D eigenvalue weighted by Crippen LogP contribution is -2.20. The van der Waals surface area contributed by atoms with Gasteiger partial charge in [0, 0.05) is 37.9 Å². The molecule has 0 radical (unpaired) electrons. The summed E-state index contributed by atoms with van der Waals surface area (Å²) in [7, 11) is 0. The minimum Gasteiger partial charge on any atom is -0.309 e. The van der Waals surface area contributed by atoms with Crippen molar-refractivity contribution in [1.29, 1.82) is 0 Å². The van der Waals surface area contributed by atoms with Gasteiger partial charge >= 0.3 is 0 Å². The number of hydrogen-bond donors (Lipinski definition) is 1. The smallest absolute Gasteiger partial charge is 0.0724 e. The monoisotopic (exact) mass is 217 g/mol. The first-order valence-electron chi connectivity index (χ1n) is 5.29. The molecule has 2 rings (SSSR count). The molecule has 84 valence electrons. The van der Waals surface area contributed by atoms with Crippen molar-refractivity contribution in [3.63, 3.8) is 0 Å². The van der Waals surface area contributed by atoms with E-state index in [0.717, 1.165) is 25.3 Å². The molecule has 0 saturated heterocycles. The van der Waals surface area contributed by atoms with Crippen molar-refractivity contribution < 1.29 is 0 Å². The molecule has 1 N–H and O–H groups in total. The Balaban J connectivity index is 1.69. The van der Waals surface area contributed by atoms with Crippen LogP contribution in [0.3, 0.4) is 0 Å². The Bertz CT molecular complexity index is 423. The van der Waals surface area contributed by atoms with E-state index in [0.29, 0.717) is 0 Å². The molecular formula is C11H15N5. The van der Waals surface area contributed by atoms with Crippen LogP contribution >= 0.6 is 0 Å². The summed E-state index contributed by atoms with van der Waals surface area (Å²) >= 11 is 0. The van der Waals surface area contributed by atoms with Crippen LogP contribution in [0.4, 0.5) is 0 Å². The van der Waals surface area contributed by atoms with Crippen LogP contribution in [0, 0.1) is 6.92 Å². The summed E-state index contributed by atoms with van der Waals surface area (Å²) in [5, 5.41) is 7.51. The standard InChI is InChI=1S/C11H15N5/c1-10-6-15-16(9-10)5-4-13-8-11-7-12-2-3-14-11/h2-3,6-7,9,13H,4-5,8H2,1H3. The van der Waals surface area contributed by atoms with E-state index in [4.69, 9.17) is 0 Å². The van der Waals surface area contributed by atoms with E-state index in [-0.39, 0.29) is 0 Å². The number of hydrogen-bond acceptors (Lipinski definition) is 4. The highest BCUT2D eigenvalue weighted by molar-refractivity contribution is 4.99. The molecule has 0 saturated carbocycles. The molecule has 0 spiro atoms. The molecule has 0 aromatic carbocycles. The second-order valence-corrected chi connectivity index (χ2v) is 3.65. The third-order valence-electron chi connectivity index (χ3n) is 2.20. The van der Waals surface area contributed by atoms with Crippen LogP contribution in [0.25, 0.3) is 0 Å². The zero-order valence-electron chi connectivity index (χ0n) is 9.30. The summed E-state index contributed by atoms with van der Waals surface area (Å²) in [6.07, 6.45) is 9.04. The fourth-order valence-electron chi connectivity index (χ4n) is 1.42. The molecule has 0 fully saturated rings. The number of nitrogens with one attached hydrogen (secondary N) is 1. The number of nitrogens with zero attached hydrogens (tertiary/aromatic N) is 4. The summed E-state index contributed by atoms with van der Waals surface area (Å²) in [5.74, 6) is 0. The zero-order valence-corrected chi connectivity index (χ0v) is 9.30. The molecule has 2 aromatic heterocycles. The third kappa shape index (κ3) is 3.13. The molecule has 0 bridgehead atoms. The zero-order chi connectivity index (χ0) is 11.2. The topological polar surface area (TPSA) is 55.6 Å². The number of aryl methyl sites for hydroxylation is 1. The fraction of sp³-hybridized carbons (Fsp3) is 0.364. The van der Waals surface area contributed by atoms with E-state index in [1.54, 1.807) is 18.6 Å². The first-order chi connectivity index (χ1) is 7.84. The average molecular weight is 217 g/mol. The van der Waals surface area contributed by atoms with Gasteiger partial charge in [-0.2, -0.15) is 5.10 Å². The molecule has 16 heavy (non-hydrogen) atoms. The molecule has 2 aromatic rings. The predicted octanol–water partition coefficient (Wildman–Crippen LogP) is 0.771. The quantitative estimate of drug-likeness (QED) is 0.752. The van der Waals surface area contributed by atoms with Crippen LogP contribution in [0.1, 0.15) is 11.3 Å². The summed E-state index contributed by atoms with van der Waals surface area (Å²) < 4.78 is 1.93. The van der Waals surface area contributed by atoms with Crippen LogP contribution in [-0.2, 0) is 13.1 Å². The van der Waals surface area contributed by atoms with Crippen molar-refractivity contribution in [2.24, 2.45) is 0 Å². The third-order valence-corrected chi connectivity index (χ3v) is 2.20. The summed E-state index contributed by atoms with van der Waals surface area (Å²) in [5.41, 5.74) is 2.15. The number of aromatic nitrogens is 4. The van der Waals surface area contributed by atoms with Crippen molar-refractivity contribution in [3.8, 4) is 0 Å². The maximum absolute atomic E-state index is 4.21. The fourth-order valence-corrected chi connectivity index (χ4v) is 1.42. The van der Waals surface area contributed by atoms with Gasteiger partial charge in [0.05, 0.1) is 18.4 Å². The highest BCUT2D eigenvalue weighted by Crippen LogP contribution is 1.93. The van der Waals surface area contributed by atoms with E-state index in [2.05, 4.69) is 20.4 Å². The molecule has 0 atom stereocenters. The SMILES string of the molecule is Cc1cnn(CCNCc2cnccn2)c1. The molecule has 0 amide bonds. The van der Waals surface area contributed by atoms with Gasteiger partial charge in [0.1, 0.15) is 0 Å². The second-order valence-electron chi connectivity index (χ2n) is 3.65. The maximum atomic E-state index is 4.21. The van der Waals surface area contributed by atoms with Crippen LogP contribution < -0.4 is 5.32 Å².